The van der Waals surface area contributed by atoms with E-state index in [2.05, 4.69) is 28.9 Å². The van der Waals surface area contributed by atoms with Crippen molar-refractivity contribution in [3.8, 4) is 90.9 Å². The summed E-state index contributed by atoms with van der Waals surface area (Å²) >= 11 is 0. The number of aliphatic hydroxyl groups excluding tert-OH is 1. The molecule has 0 bridgehead atoms. The van der Waals surface area contributed by atoms with E-state index in [9.17, 15) is 66.7 Å². The number of carbonyl (C=O) groups is 4. The third-order valence-corrected chi connectivity index (χ3v) is 33.5. The summed E-state index contributed by atoms with van der Waals surface area (Å²) in [5.74, 6) is 4.95. The number of furan rings is 1. The second kappa shape index (κ2) is 39.7. The minimum absolute atomic E-state index is 0. The first kappa shape index (κ1) is 98.9. The number of hydrogen-bond donors (Lipinski definition) is 3. The number of ether oxygens (including phenoxy) is 8. The molecule has 0 amide bonds. The van der Waals surface area contributed by atoms with E-state index in [1.54, 1.807) is 85.1 Å². The summed E-state index contributed by atoms with van der Waals surface area (Å²) in [6, 6.07) is 69.0. The summed E-state index contributed by atoms with van der Waals surface area (Å²) < 4.78 is 180. The fraction of sp³-hybridized carbons (Fsp3) is 0.296. The Balaban J connectivity index is 0.000000127. The summed E-state index contributed by atoms with van der Waals surface area (Å²) in [4.78, 5) is 72.7. The van der Waals surface area contributed by atoms with Gasteiger partial charge in [0, 0.05) is 106 Å². The predicted octanol–water partition coefficient (Wildman–Crippen LogP) is 16.3. The highest BCUT2D eigenvalue weighted by Gasteiger charge is 2.55. The zero-order chi connectivity index (χ0) is 101. The van der Waals surface area contributed by atoms with Crippen molar-refractivity contribution in [2.45, 2.75) is 166 Å². The van der Waals surface area contributed by atoms with Crippen molar-refractivity contribution in [1.82, 2.24) is 38.0 Å². The van der Waals surface area contributed by atoms with Gasteiger partial charge in [0.25, 0.3) is 0 Å². The molecule has 1 unspecified atom stereocenters. The number of Topliss-reactive ketones (excluding diaryl/α,β-unsaturated/α-hetero) is 4. The molecule has 4 saturated carbocycles. The summed E-state index contributed by atoms with van der Waals surface area (Å²) in [6.07, 6.45) is 8.15. The van der Waals surface area contributed by atoms with E-state index in [1.807, 2.05) is 147 Å². The lowest BCUT2D eigenvalue weighted by molar-refractivity contribution is -0.286. The van der Waals surface area contributed by atoms with Crippen LogP contribution in [0.15, 0.2) is 268 Å². The van der Waals surface area contributed by atoms with Crippen LogP contribution in [0, 0.1) is 13.8 Å². The van der Waals surface area contributed by atoms with Gasteiger partial charge >= 0.3 is 6.29 Å². The first-order chi connectivity index (χ1) is 68.9. The first-order valence-electron chi connectivity index (χ1n) is 47.0. The number of halogens is 2. The number of aliphatic hydroxyl groups is 1. The lowest BCUT2D eigenvalue weighted by Gasteiger charge is -2.29. The maximum Gasteiger partial charge on any atom is 0.586 e. The third kappa shape index (κ3) is 21.3. The Labute approximate surface area is 833 Å². The van der Waals surface area contributed by atoms with E-state index in [0.717, 1.165) is 112 Å². The molecule has 746 valence electrons. The van der Waals surface area contributed by atoms with Gasteiger partial charge in [-0.15, -0.1) is 8.78 Å². The number of nitrogens with zero attached hydrogens (tertiary/aromatic N) is 6. The zero-order valence-corrected chi connectivity index (χ0v) is 82.5. The van der Waals surface area contributed by atoms with E-state index < -0.39 is 74.2 Å². The van der Waals surface area contributed by atoms with Crippen molar-refractivity contribution in [2.75, 3.05) is 53.8 Å². The Morgan fingerprint density at radius 3 is 1.31 bits per heavy atom. The molecule has 0 radical (unpaired) electrons. The van der Waals surface area contributed by atoms with Crippen LogP contribution >= 0.6 is 0 Å². The molecule has 5 fully saturated rings. The lowest BCUT2D eigenvalue weighted by atomic mass is 9.87. The quantitative estimate of drug-likeness (QED) is 0.0363. The van der Waals surface area contributed by atoms with Gasteiger partial charge in [0.15, 0.2) is 46.0 Å². The van der Waals surface area contributed by atoms with Gasteiger partial charge in [0.1, 0.15) is 28.9 Å². The normalized spacial score (nSPS) is 17.3. The third-order valence-electron chi connectivity index (χ3n) is 27.7. The van der Waals surface area contributed by atoms with Crippen LogP contribution in [0.25, 0.3) is 44.9 Å². The molecule has 8 aromatic carbocycles. The van der Waals surface area contributed by atoms with E-state index in [-0.39, 0.29) is 116 Å². The molecule has 1 saturated heterocycles. The van der Waals surface area contributed by atoms with Crippen LogP contribution in [0.3, 0.4) is 0 Å². The van der Waals surface area contributed by atoms with Crippen LogP contribution in [0.2, 0.25) is 0 Å². The summed E-state index contributed by atoms with van der Waals surface area (Å²) in [5, 5.41) is 9.88. The summed E-state index contributed by atoms with van der Waals surface area (Å²) in [7, 11) is -11.1. The fourth-order valence-electron chi connectivity index (χ4n) is 18.6. The number of ketones is 4. The summed E-state index contributed by atoms with van der Waals surface area (Å²) in [5.41, 5.74) is 12.7. The van der Waals surface area contributed by atoms with Gasteiger partial charge in [-0.1, -0.05) is 103 Å². The standard InChI is InChI=1S/C28H28N2O6S.C28H24N2O6S.C27H28N2O5S.C25H22F2N2O5S.H2/c31-22-4-2-14-30(17-22)37(33,34)23-9-6-19(7-10-23)24-5-1-3-21(29-24)16-27(32)28(12-13-28)20-8-11-25-26(15-20)36-18-35-25;31-27(28(12-13-28)20-8-11-25-26(15-20)36-18-35-25)16-21-3-1-5-24(30-21)19-6-9-23(10-7-19)37(32,33)29-17-22-4-2-14-34-22;1-17-18(2)23(28-15-22(17)19-6-5-7-21(12-19)35(31,32)29(3)4)14-26(30)27(10-11-27)20-8-9-24-25(13-20)34-16-33-24;1-35(31,32)28-15-16-5-7-17(8-6-16)20-4-2-3-19(29-20)14-23(30)24(11-12-24)18-9-10-21-22(13-18)34-25(26,27)33-21;/h1,3,5-11,15,22,31H,2,4,12-14,16-18H2;1-11,14-15,29H,12-13,16-18H2;5-9,12-13,15H,10-11,14,16H2,1-4H3;2-10,13,28H,11-12,14-15H2,1H3;1H. The first-order valence-corrected chi connectivity index (χ1v) is 53.2. The Hall–Kier alpha value is -13.8. The Morgan fingerprint density at radius 1 is 0.451 bits per heavy atom. The van der Waals surface area contributed by atoms with Gasteiger partial charge in [-0.3, -0.25) is 39.1 Å². The number of pyridine rings is 4. The van der Waals surface area contributed by atoms with Crippen LogP contribution in [0.4, 0.5) is 8.78 Å². The Morgan fingerprint density at radius 2 is 0.875 bits per heavy atom. The molecule has 1 atom stereocenters. The highest BCUT2D eigenvalue weighted by atomic mass is 32.2. The molecule has 30 nitrogen and oxygen atoms in total. The lowest BCUT2D eigenvalue weighted by Crippen LogP contribution is -2.42. The molecular formula is C108H104F2N8O22S4. The molecule has 0 spiro atoms. The van der Waals surface area contributed by atoms with Crippen LogP contribution in [0.1, 0.15) is 133 Å². The molecule has 144 heavy (non-hydrogen) atoms. The number of piperidine rings is 1. The van der Waals surface area contributed by atoms with Crippen LogP contribution in [-0.2, 0) is 120 Å². The molecule has 9 aliphatic rings. The van der Waals surface area contributed by atoms with E-state index >= 15 is 0 Å². The van der Waals surface area contributed by atoms with Gasteiger partial charge in [-0.25, -0.2) is 47.4 Å². The van der Waals surface area contributed by atoms with Crippen molar-refractivity contribution in [1.29, 1.82) is 0 Å². The maximum atomic E-state index is 13.5. The smallest absolute Gasteiger partial charge is 0.468 e. The SMILES string of the molecule is CS(=O)(=O)NCc1ccc(-c2cccc(CC(=O)C3(c4ccc5c(c4)OC(F)(F)O5)CC3)n2)cc1.Cc1c(-c2cccc(S(=O)(=O)N(C)C)c2)cnc(CC(=O)C2(c3ccc4c(c3)OCO4)CC2)c1C.O=C(Cc1cccc(-c2ccc(S(=O)(=O)N3CCCC(O)C3)cc2)n1)C1(c2ccc3c(c2)OCO3)CC1.O=C(Cc1cccc(-c2ccc(S(=O)(=O)NCc3ccco3)cc2)n1)C1(c2ccc3c(c2)OCO3)CC1.[HH]. The molecule has 5 aromatic heterocycles. The molecule has 5 aliphatic heterocycles. The van der Waals surface area contributed by atoms with Crippen molar-refractivity contribution >= 4 is 63.2 Å². The molecule has 22 rings (SSSR count). The van der Waals surface area contributed by atoms with Gasteiger partial charge in [0.2, 0.25) is 60.5 Å². The van der Waals surface area contributed by atoms with Crippen LogP contribution in [0.5, 0.6) is 46.0 Å². The molecular weight excluding hydrogens is 1930 g/mol. The second-order valence-corrected chi connectivity index (χ2v) is 45.1. The number of rotatable bonds is 31. The van der Waals surface area contributed by atoms with Crippen molar-refractivity contribution in [2.24, 2.45) is 0 Å². The van der Waals surface area contributed by atoms with E-state index in [1.165, 1.54) is 53.2 Å². The maximum absolute atomic E-state index is 13.5. The minimum atomic E-state index is -3.70. The highest BCUT2D eigenvalue weighted by molar-refractivity contribution is 7.90. The number of alkyl halides is 2. The Bertz CT molecular complexity index is 7660. The Kier molecular flexibility index (Phi) is 27.3. The van der Waals surface area contributed by atoms with Gasteiger partial charge in [-0.2, -0.15) is 4.31 Å². The van der Waals surface area contributed by atoms with Crippen molar-refractivity contribution < 1.29 is 110 Å². The number of nitrogens with one attached hydrogen (secondary N) is 2. The van der Waals surface area contributed by atoms with E-state index in [4.69, 9.17) is 42.8 Å². The van der Waals surface area contributed by atoms with Crippen LogP contribution < -0.4 is 47.3 Å². The highest BCUT2D eigenvalue weighted by Crippen LogP contribution is 2.57. The molecule has 10 heterocycles. The fourth-order valence-corrected chi connectivity index (χ4v) is 22.5. The van der Waals surface area contributed by atoms with Crippen molar-refractivity contribution in [3.05, 3.63) is 317 Å². The number of hydrogen-bond acceptors (Lipinski definition) is 26. The van der Waals surface area contributed by atoms with E-state index in [0.29, 0.717) is 112 Å². The van der Waals surface area contributed by atoms with Gasteiger partial charge < -0.3 is 47.4 Å². The number of fused-ring (bicyclic) bond motifs is 4. The monoisotopic (exact) mass is 2030 g/mol. The summed E-state index contributed by atoms with van der Waals surface area (Å²) in [6.45, 7) is 5.35. The van der Waals surface area contributed by atoms with Gasteiger partial charge in [-0.05, 0) is 256 Å². The molecule has 13 aromatic rings. The number of sulfonamides is 4. The minimum Gasteiger partial charge on any atom is -0.468 e. The zero-order valence-electron chi connectivity index (χ0n) is 79.2. The molecule has 4 aliphatic carbocycles. The largest absolute Gasteiger partial charge is 0.586 e. The second-order valence-electron chi connectivity index (χ2n) is 37.4. The number of β-amino-alcohol motifs (C(OH)–C–C–N with tert-alkyl or cyclic N) is 1. The van der Waals surface area contributed by atoms with Crippen molar-refractivity contribution in [3.63, 3.8) is 0 Å². The molecule has 36 heteroatoms. The van der Waals surface area contributed by atoms with Crippen LogP contribution in [-0.4, -0.2) is 157 Å². The average Bonchev–Trinajstić information content (AvgIpc) is 1.64. The topological polar surface area (TPSA) is 394 Å². The average molecular weight is 2030 g/mol. The number of carbonyl (C=O) groups excluding carboxylic acids is 4. The predicted molar refractivity (Wildman–Crippen MR) is 528 cm³/mol. The van der Waals surface area contributed by atoms with Gasteiger partial charge in [0.05, 0.1) is 84.3 Å². The molecule has 3 N–H and O–H groups in total. The number of benzene rings is 8. The number of aromatic nitrogens is 4.